The van der Waals surface area contributed by atoms with E-state index in [9.17, 15) is 14.4 Å². The Bertz CT molecular complexity index is 1380. The van der Waals surface area contributed by atoms with Crippen LogP contribution in [0.15, 0.2) is 63.9 Å². The van der Waals surface area contributed by atoms with Gasteiger partial charge in [0.25, 0.3) is 11.5 Å². The number of hydrogen-bond donors (Lipinski definition) is 2. The number of aromatic nitrogens is 3. The van der Waals surface area contributed by atoms with Gasteiger partial charge in [0.1, 0.15) is 0 Å². The fourth-order valence-electron chi connectivity index (χ4n) is 3.15. The van der Waals surface area contributed by atoms with Crippen molar-refractivity contribution in [3.63, 3.8) is 0 Å². The van der Waals surface area contributed by atoms with Crippen molar-refractivity contribution in [1.82, 2.24) is 25.6 Å². The average Bonchev–Trinajstić information content (AvgIpc) is 3.27. The molecule has 0 aliphatic carbocycles. The molecule has 4 aromatic rings. The maximum atomic E-state index is 12.5. The second kappa shape index (κ2) is 9.03. The molecule has 10 heteroatoms. The van der Waals surface area contributed by atoms with Crippen molar-refractivity contribution in [2.75, 3.05) is 0 Å². The molecule has 0 unspecified atom stereocenters. The number of oxazole rings is 1. The number of rotatable bonds is 5. The van der Waals surface area contributed by atoms with Crippen molar-refractivity contribution in [2.45, 2.75) is 12.8 Å². The molecule has 0 aliphatic rings. The summed E-state index contributed by atoms with van der Waals surface area (Å²) in [6.45, 7) is 0. The molecule has 32 heavy (non-hydrogen) atoms. The number of benzene rings is 2. The molecule has 2 N–H and O–H groups in total. The largest absolute Gasteiger partial charge is 0.441 e. The molecule has 9 nitrogen and oxygen atoms in total. The van der Waals surface area contributed by atoms with Gasteiger partial charge in [-0.2, -0.15) is 5.10 Å². The third-order valence-electron chi connectivity index (χ3n) is 4.75. The highest BCUT2D eigenvalue weighted by Crippen LogP contribution is 2.28. The van der Waals surface area contributed by atoms with E-state index in [2.05, 4.69) is 20.9 Å². The van der Waals surface area contributed by atoms with Gasteiger partial charge in [0.15, 0.2) is 17.3 Å². The van der Waals surface area contributed by atoms with E-state index in [4.69, 9.17) is 16.0 Å². The minimum atomic E-state index is -0.637. The molecule has 2 heterocycles. The summed E-state index contributed by atoms with van der Waals surface area (Å²) in [4.78, 5) is 41.1. The Hall–Kier alpha value is -3.98. The first-order chi connectivity index (χ1) is 15.4. The van der Waals surface area contributed by atoms with E-state index >= 15 is 0 Å². The molecule has 2 amide bonds. The number of hydrogen-bond acceptors (Lipinski definition) is 6. The zero-order valence-electron chi connectivity index (χ0n) is 17.0. The van der Waals surface area contributed by atoms with Gasteiger partial charge in [-0.25, -0.2) is 9.67 Å². The first-order valence-corrected chi connectivity index (χ1v) is 10.1. The highest BCUT2D eigenvalue weighted by Gasteiger charge is 2.16. The fraction of sp³-hybridized carbons (Fsp3) is 0.136. The van der Waals surface area contributed by atoms with E-state index in [0.717, 1.165) is 4.68 Å². The minimum absolute atomic E-state index is 0.0279. The summed E-state index contributed by atoms with van der Waals surface area (Å²) in [6.07, 6.45) is 1.81. The van der Waals surface area contributed by atoms with Gasteiger partial charge in [-0.3, -0.25) is 25.2 Å². The Morgan fingerprint density at radius 3 is 2.56 bits per heavy atom. The maximum Gasteiger partial charge on any atom is 0.290 e. The van der Waals surface area contributed by atoms with Crippen LogP contribution < -0.4 is 16.4 Å². The summed E-state index contributed by atoms with van der Waals surface area (Å²) < 4.78 is 6.74. The number of nitrogens with zero attached hydrogens (tertiary/aromatic N) is 3. The normalized spacial score (nSPS) is 10.8. The van der Waals surface area contributed by atoms with E-state index in [1.54, 1.807) is 36.5 Å². The molecule has 0 fully saturated rings. The van der Waals surface area contributed by atoms with Crippen molar-refractivity contribution in [3.8, 4) is 11.3 Å². The number of carbonyl (C=O) groups is 2. The summed E-state index contributed by atoms with van der Waals surface area (Å²) >= 11 is 6.16. The molecule has 0 saturated heterocycles. The summed E-state index contributed by atoms with van der Waals surface area (Å²) in [5, 5.41) is 5.31. The lowest BCUT2D eigenvalue weighted by molar-refractivity contribution is -0.121. The SMILES string of the molecule is Cn1nc(C(=O)NNC(=O)CCc2ncc(-c3ccccc3Cl)o2)c2ccccc2c1=O. The topological polar surface area (TPSA) is 119 Å². The molecule has 0 bridgehead atoms. The molecule has 162 valence electrons. The van der Waals surface area contributed by atoms with Gasteiger partial charge in [-0.1, -0.05) is 41.9 Å². The average molecular weight is 452 g/mol. The predicted molar refractivity (Wildman–Crippen MR) is 118 cm³/mol. The maximum absolute atomic E-state index is 12.5. The zero-order chi connectivity index (χ0) is 22.7. The quantitative estimate of drug-likeness (QED) is 0.450. The molecular formula is C22H18ClN5O4. The number of aryl methyl sites for hydroxylation is 2. The van der Waals surface area contributed by atoms with Crippen LogP contribution in [0.2, 0.25) is 5.02 Å². The van der Waals surface area contributed by atoms with Gasteiger partial charge in [-0.15, -0.1) is 0 Å². The number of amides is 2. The van der Waals surface area contributed by atoms with Crippen LogP contribution >= 0.6 is 11.6 Å². The van der Waals surface area contributed by atoms with E-state index in [1.165, 1.54) is 7.05 Å². The summed E-state index contributed by atoms with van der Waals surface area (Å²) in [5.41, 5.74) is 5.09. The number of fused-ring (bicyclic) bond motifs is 1. The zero-order valence-corrected chi connectivity index (χ0v) is 17.7. The molecule has 0 atom stereocenters. The second-order valence-electron chi connectivity index (χ2n) is 6.92. The summed E-state index contributed by atoms with van der Waals surface area (Å²) in [5.74, 6) is -0.202. The lowest BCUT2D eigenvalue weighted by Crippen LogP contribution is -2.42. The van der Waals surface area contributed by atoms with E-state index < -0.39 is 11.8 Å². The number of halogens is 1. The molecule has 0 radical (unpaired) electrons. The molecule has 4 rings (SSSR count). The molecule has 0 spiro atoms. The minimum Gasteiger partial charge on any atom is -0.441 e. The molecular weight excluding hydrogens is 434 g/mol. The van der Waals surface area contributed by atoms with Crippen LogP contribution in [0.5, 0.6) is 0 Å². The van der Waals surface area contributed by atoms with Crippen molar-refractivity contribution >= 4 is 34.2 Å². The first kappa shape index (κ1) is 21.3. The van der Waals surface area contributed by atoms with Crippen molar-refractivity contribution < 1.29 is 14.0 Å². The molecule has 0 aliphatic heterocycles. The molecule has 0 saturated carbocycles. The lowest BCUT2D eigenvalue weighted by atomic mass is 10.1. The van der Waals surface area contributed by atoms with E-state index in [1.807, 2.05) is 18.2 Å². The van der Waals surface area contributed by atoms with Gasteiger partial charge in [-0.05, 0) is 18.2 Å². The smallest absolute Gasteiger partial charge is 0.290 e. The Morgan fingerprint density at radius 1 is 1.06 bits per heavy atom. The third-order valence-corrected chi connectivity index (χ3v) is 5.08. The van der Waals surface area contributed by atoms with Gasteiger partial charge >= 0.3 is 0 Å². The van der Waals surface area contributed by atoms with Gasteiger partial charge in [0.2, 0.25) is 5.91 Å². The van der Waals surface area contributed by atoms with Gasteiger partial charge in [0.05, 0.1) is 16.6 Å². The second-order valence-corrected chi connectivity index (χ2v) is 7.33. The fourth-order valence-corrected chi connectivity index (χ4v) is 3.38. The van der Waals surface area contributed by atoms with Crippen LogP contribution in [0.4, 0.5) is 0 Å². The summed E-state index contributed by atoms with van der Waals surface area (Å²) in [7, 11) is 1.46. The van der Waals surface area contributed by atoms with Crippen LogP contribution in [0.25, 0.3) is 22.1 Å². The molecule has 2 aromatic heterocycles. The van der Waals surface area contributed by atoms with Crippen LogP contribution in [0.3, 0.4) is 0 Å². The van der Waals surface area contributed by atoms with Crippen molar-refractivity contribution in [2.24, 2.45) is 7.05 Å². The van der Waals surface area contributed by atoms with Crippen LogP contribution in [-0.4, -0.2) is 26.6 Å². The number of nitrogens with one attached hydrogen (secondary N) is 2. The van der Waals surface area contributed by atoms with E-state index in [-0.39, 0.29) is 24.1 Å². The summed E-state index contributed by atoms with van der Waals surface area (Å²) in [6, 6.07) is 13.8. The van der Waals surface area contributed by atoms with Gasteiger partial charge in [0, 0.05) is 30.8 Å². The Morgan fingerprint density at radius 2 is 1.78 bits per heavy atom. The van der Waals surface area contributed by atoms with Crippen LogP contribution in [0.1, 0.15) is 22.8 Å². The van der Waals surface area contributed by atoms with Gasteiger partial charge < -0.3 is 4.42 Å². The van der Waals surface area contributed by atoms with Crippen LogP contribution in [0, 0.1) is 0 Å². The first-order valence-electron chi connectivity index (χ1n) is 9.69. The Balaban J connectivity index is 1.37. The highest BCUT2D eigenvalue weighted by atomic mass is 35.5. The highest BCUT2D eigenvalue weighted by molar-refractivity contribution is 6.33. The monoisotopic (exact) mass is 451 g/mol. The Labute approximate surface area is 187 Å². The number of hydrazine groups is 1. The predicted octanol–water partition coefficient (Wildman–Crippen LogP) is 2.64. The van der Waals surface area contributed by atoms with E-state index in [0.29, 0.717) is 33.0 Å². The van der Waals surface area contributed by atoms with Crippen LogP contribution in [-0.2, 0) is 18.3 Å². The van der Waals surface area contributed by atoms with Crippen molar-refractivity contribution in [1.29, 1.82) is 0 Å². The molecule has 2 aromatic carbocycles. The third kappa shape index (κ3) is 4.37. The number of carbonyl (C=O) groups excluding carboxylic acids is 2. The Kier molecular flexibility index (Phi) is 6.00. The van der Waals surface area contributed by atoms with Crippen molar-refractivity contribution in [3.05, 3.63) is 81.7 Å². The standard InChI is InChI=1S/C22H18ClN5O4/c1-28-22(31)14-7-3-2-6-13(14)20(27-28)21(30)26-25-18(29)10-11-19-24-12-17(32-19)15-8-4-5-9-16(15)23/h2-9,12H,10-11H2,1H3,(H,25,29)(H,26,30). The lowest BCUT2D eigenvalue weighted by Gasteiger charge is -2.09.